The van der Waals surface area contributed by atoms with E-state index < -0.39 is 0 Å². The number of carbonyl (C=O) groups is 1. The molecular weight excluding hydrogens is 218 g/mol. The van der Waals surface area contributed by atoms with Crippen LogP contribution in [0, 0.1) is 0 Å². The largest absolute Gasteiger partial charge is 0.398 e. The standard InChI is InChI=1S/C9H10BrNO/c1-6(12)5-7-3-2-4-8(10)9(7)11/h2-4H,5,11H2,1H3. The Morgan fingerprint density at radius 3 is 2.83 bits per heavy atom. The molecule has 3 heteroatoms. The Bertz CT molecular complexity index is 309. The van der Waals surface area contributed by atoms with Gasteiger partial charge in [0.15, 0.2) is 0 Å². The first-order valence-electron chi connectivity index (χ1n) is 3.63. The van der Waals surface area contributed by atoms with Crippen LogP contribution in [0.3, 0.4) is 0 Å². The van der Waals surface area contributed by atoms with E-state index in [1.165, 1.54) is 0 Å². The van der Waals surface area contributed by atoms with Gasteiger partial charge in [0.1, 0.15) is 5.78 Å². The SMILES string of the molecule is CC(=O)Cc1cccc(Br)c1N. The molecule has 0 aromatic heterocycles. The van der Waals surface area contributed by atoms with Crippen molar-refractivity contribution in [3.8, 4) is 0 Å². The molecular formula is C9H10BrNO. The Morgan fingerprint density at radius 1 is 1.58 bits per heavy atom. The van der Waals surface area contributed by atoms with Crippen LogP contribution in [0.25, 0.3) is 0 Å². The average Bonchev–Trinajstić information content (AvgIpc) is 1.98. The molecule has 2 N–H and O–H groups in total. The maximum Gasteiger partial charge on any atom is 0.134 e. The van der Waals surface area contributed by atoms with E-state index in [1.54, 1.807) is 6.92 Å². The van der Waals surface area contributed by atoms with Gasteiger partial charge in [0.25, 0.3) is 0 Å². The van der Waals surface area contributed by atoms with Crippen molar-refractivity contribution in [2.45, 2.75) is 13.3 Å². The van der Waals surface area contributed by atoms with Crippen molar-refractivity contribution >= 4 is 27.4 Å². The molecule has 0 spiro atoms. The highest BCUT2D eigenvalue weighted by Crippen LogP contribution is 2.23. The predicted octanol–water partition coefficient (Wildman–Crippen LogP) is 2.16. The number of ketones is 1. The zero-order valence-corrected chi connectivity index (χ0v) is 8.39. The maximum atomic E-state index is 10.8. The minimum absolute atomic E-state index is 0.125. The number of carbonyl (C=O) groups excluding carboxylic acids is 1. The lowest BCUT2D eigenvalue weighted by Gasteiger charge is -2.04. The molecule has 0 unspecified atom stereocenters. The van der Waals surface area contributed by atoms with Gasteiger partial charge in [0.2, 0.25) is 0 Å². The second-order valence-corrected chi connectivity index (χ2v) is 3.55. The van der Waals surface area contributed by atoms with Gasteiger partial charge >= 0.3 is 0 Å². The second-order valence-electron chi connectivity index (χ2n) is 2.69. The fourth-order valence-electron chi connectivity index (χ4n) is 1.00. The van der Waals surface area contributed by atoms with Crippen molar-refractivity contribution in [2.24, 2.45) is 0 Å². The van der Waals surface area contributed by atoms with Crippen molar-refractivity contribution < 1.29 is 4.79 Å². The molecule has 12 heavy (non-hydrogen) atoms. The minimum Gasteiger partial charge on any atom is -0.398 e. The Balaban J connectivity index is 3.00. The summed E-state index contributed by atoms with van der Waals surface area (Å²) in [4.78, 5) is 10.8. The van der Waals surface area contributed by atoms with Crippen LogP contribution in [0.1, 0.15) is 12.5 Å². The van der Waals surface area contributed by atoms with E-state index in [9.17, 15) is 4.79 Å². The molecule has 0 aliphatic heterocycles. The number of para-hydroxylation sites is 1. The van der Waals surface area contributed by atoms with Gasteiger partial charge in [-0.3, -0.25) is 4.79 Å². The third-order valence-electron chi connectivity index (χ3n) is 1.58. The van der Waals surface area contributed by atoms with Crippen LogP contribution in [-0.2, 0) is 11.2 Å². The summed E-state index contributed by atoms with van der Waals surface area (Å²) in [6.07, 6.45) is 0.408. The summed E-state index contributed by atoms with van der Waals surface area (Å²) in [5, 5.41) is 0. The van der Waals surface area contributed by atoms with Crippen molar-refractivity contribution in [3.63, 3.8) is 0 Å². The van der Waals surface area contributed by atoms with Gasteiger partial charge < -0.3 is 5.73 Å². The second kappa shape index (κ2) is 3.72. The van der Waals surface area contributed by atoms with Crippen LogP contribution in [0.2, 0.25) is 0 Å². The van der Waals surface area contributed by atoms with Crippen molar-refractivity contribution in [2.75, 3.05) is 5.73 Å². The molecule has 1 rings (SSSR count). The predicted molar refractivity (Wildman–Crippen MR) is 52.9 cm³/mol. The van der Waals surface area contributed by atoms with Crippen LogP contribution < -0.4 is 5.73 Å². The first-order valence-corrected chi connectivity index (χ1v) is 4.43. The summed E-state index contributed by atoms with van der Waals surface area (Å²) in [6, 6.07) is 5.60. The lowest BCUT2D eigenvalue weighted by Crippen LogP contribution is -2.01. The number of hydrogen-bond donors (Lipinski definition) is 1. The first kappa shape index (κ1) is 9.26. The van der Waals surface area contributed by atoms with Crippen LogP contribution >= 0.6 is 15.9 Å². The molecule has 0 heterocycles. The summed E-state index contributed by atoms with van der Waals surface area (Å²) in [6.45, 7) is 1.56. The van der Waals surface area contributed by atoms with Gasteiger partial charge in [-0.15, -0.1) is 0 Å². The van der Waals surface area contributed by atoms with Gasteiger partial charge in [-0.1, -0.05) is 12.1 Å². The third kappa shape index (κ3) is 2.08. The van der Waals surface area contributed by atoms with E-state index in [1.807, 2.05) is 18.2 Å². The van der Waals surface area contributed by atoms with Crippen molar-refractivity contribution in [1.29, 1.82) is 0 Å². The molecule has 0 atom stereocenters. The molecule has 0 fully saturated rings. The number of hydrogen-bond acceptors (Lipinski definition) is 2. The Hall–Kier alpha value is -0.830. The van der Waals surface area contributed by atoms with E-state index >= 15 is 0 Å². The van der Waals surface area contributed by atoms with Gasteiger partial charge in [-0.05, 0) is 34.5 Å². The molecule has 0 aliphatic carbocycles. The fraction of sp³-hybridized carbons (Fsp3) is 0.222. The van der Waals surface area contributed by atoms with Crippen LogP contribution in [0.4, 0.5) is 5.69 Å². The van der Waals surface area contributed by atoms with Gasteiger partial charge in [-0.2, -0.15) is 0 Å². The van der Waals surface area contributed by atoms with Crippen molar-refractivity contribution in [1.82, 2.24) is 0 Å². The Labute approximate surface area is 79.9 Å². The smallest absolute Gasteiger partial charge is 0.134 e. The molecule has 64 valence electrons. The zero-order chi connectivity index (χ0) is 9.14. The Kier molecular flexibility index (Phi) is 2.87. The average molecular weight is 228 g/mol. The summed E-state index contributed by atoms with van der Waals surface area (Å²) >= 11 is 3.30. The summed E-state index contributed by atoms with van der Waals surface area (Å²) in [7, 11) is 0. The maximum absolute atomic E-state index is 10.8. The number of nitrogen functional groups attached to an aromatic ring is 1. The van der Waals surface area contributed by atoms with Crippen molar-refractivity contribution in [3.05, 3.63) is 28.2 Å². The van der Waals surface area contributed by atoms with E-state index in [4.69, 9.17) is 5.73 Å². The molecule has 1 aromatic rings. The zero-order valence-electron chi connectivity index (χ0n) is 6.80. The number of halogens is 1. The summed E-state index contributed by atoms with van der Waals surface area (Å²) < 4.78 is 0.848. The van der Waals surface area contributed by atoms with E-state index in [2.05, 4.69) is 15.9 Å². The monoisotopic (exact) mass is 227 g/mol. The lowest BCUT2D eigenvalue weighted by atomic mass is 10.1. The van der Waals surface area contributed by atoms with Crippen LogP contribution in [-0.4, -0.2) is 5.78 Å². The van der Waals surface area contributed by atoms with E-state index in [0.717, 1.165) is 10.0 Å². The molecule has 0 aliphatic rings. The summed E-state index contributed by atoms with van der Waals surface area (Å²) in [5.74, 6) is 0.125. The highest BCUT2D eigenvalue weighted by Gasteiger charge is 2.03. The quantitative estimate of drug-likeness (QED) is 0.788. The van der Waals surface area contributed by atoms with E-state index in [0.29, 0.717) is 12.1 Å². The first-order chi connectivity index (χ1) is 5.61. The number of benzene rings is 1. The molecule has 0 bridgehead atoms. The minimum atomic E-state index is 0.125. The van der Waals surface area contributed by atoms with Gasteiger partial charge in [-0.25, -0.2) is 0 Å². The molecule has 0 radical (unpaired) electrons. The normalized spacial score (nSPS) is 9.83. The number of Topliss-reactive ketones (excluding diaryl/α,β-unsaturated/α-hetero) is 1. The number of anilines is 1. The van der Waals surface area contributed by atoms with Gasteiger partial charge in [0, 0.05) is 16.6 Å². The van der Waals surface area contributed by atoms with E-state index in [-0.39, 0.29) is 5.78 Å². The highest BCUT2D eigenvalue weighted by molar-refractivity contribution is 9.10. The van der Waals surface area contributed by atoms with Crippen LogP contribution in [0.5, 0.6) is 0 Å². The fourth-order valence-corrected chi connectivity index (χ4v) is 1.41. The molecule has 0 saturated heterocycles. The highest BCUT2D eigenvalue weighted by atomic mass is 79.9. The molecule has 0 saturated carbocycles. The third-order valence-corrected chi connectivity index (χ3v) is 2.27. The molecule has 2 nitrogen and oxygen atoms in total. The van der Waals surface area contributed by atoms with Crippen LogP contribution in [0.15, 0.2) is 22.7 Å². The lowest BCUT2D eigenvalue weighted by molar-refractivity contribution is -0.116. The summed E-state index contributed by atoms with van der Waals surface area (Å²) in [5.41, 5.74) is 7.28. The number of rotatable bonds is 2. The topological polar surface area (TPSA) is 43.1 Å². The molecule has 0 amide bonds. The van der Waals surface area contributed by atoms with Gasteiger partial charge in [0.05, 0.1) is 0 Å². The number of nitrogens with two attached hydrogens (primary N) is 1. The molecule has 1 aromatic carbocycles. The Morgan fingerprint density at radius 2 is 2.25 bits per heavy atom.